The number of carbonyl (C=O) groups excluding carboxylic acids is 1. The van der Waals surface area contributed by atoms with Crippen LogP contribution in [0.4, 0.5) is 0 Å². The number of ether oxygens (including phenoxy) is 1. The van der Waals surface area contributed by atoms with Gasteiger partial charge < -0.3 is 9.72 Å². The summed E-state index contributed by atoms with van der Waals surface area (Å²) < 4.78 is 6.71. The van der Waals surface area contributed by atoms with Crippen molar-refractivity contribution in [3.05, 3.63) is 29.8 Å². The number of hydrogen-bond acceptors (Lipinski definition) is 5. The highest BCUT2D eigenvalue weighted by Gasteiger charge is 2.11. The molecule has 0 radical (unpaired) electrons. The van der Waals surface area contributed by atoms with E-state index >= 15 is 0 Å². The van der Waals surface area contributed by atoms with E-state index in [2.05, 4.69) is 20.5 Å². The molecule has 0 spiro atoms. The van der Waals surface area contributed by atoms with Crippen molar-refractivity contribution in [1.82, 2.24) is 25.2 Å². The van der Waals surface area contributed by atoms with Crippen LogP contribution in [0.25, 0.3) is 0 Å². The fourth-order valence-corrected chi connectivity index (χ4v) is 1.38. The van der Waals surface area contributed by atoms with Gasteiger partial charge in [0, 0.05) is 12.7 Å². The zero-order valence-corrected chi connectivity index (χ0v) is 9.46. The van der Waals surface area contributed by atoms with Crippen molar-refractivity contribution in [2.75, 3.05) is 0 Å². The van der Waals surface area contributed by atoms with Crippen LogP contribution in [-0.4, -0.2) is 31.2 Å². The molecule has 1 N–H and O–H groups in total. The normalized spacial score (nSPS) is 10.4. The molecule has 0 aliphatic heterocycles. The largest absolute Gasteiger partial charge is 0.453 e. The molecule has 0 aliphatic carbocycles. The lowest BCUT2D eigenvalue weighted by atomic mass is 10.4. The molecule has 90 valence electrons. The minimum atomic E-state index is -0.416. The summed E-state index contributed by atoms with van der Waals surface area (Å²) in [7, 11) is 0. The van der Waals surface area contributed by atoms with E-state index in [1.165, 1.54) is 0 Å². The van der Waals surface area contributed by atoms with E-state index < -0.39 is 5.97 Å². The van der Waals surface area contributed by atoms with Crippen molar-refractivity contribution in [2.45, 2.75) is 26.5 Å². The SMILES string of the molecule is CCCn1nnnc1COC(=O)c1ccc[nH]1. The predicted octanol–water partition coefficient (Wildman–Crippen LogP) is 0.768. The lowest BCUT2D eigenvalue weighted by molar-refractivity contribution is 0.0450. The standard InChI is InChI=1S/C10H13N5O2/c1-2-6-15-9(12-13-14-15)7-17-10(16)8-4-3-5-11-8/h3-5,11H,2,6-7H2,1H3. The summed E-state index contributed by atoms with van der Waals surface area (Å²) in [5.74, 6) is 0.132. The predicted molar refractivity (Wildman–Crippen MR) is 58.0 cm³/mol. The van der Waals surface area contributed by atoms with E-state index in [9.17, 15) is 4.79 Å². The Kier molecular flexibility index (Phi) is 3.49. The van der Waals surface area contributed by atoms with Crippen molar-refractivity contribution in [3.63, 3.8) is 0 Å². The van der Waals surface area contributed by atoms with E-state index in [1.807, 2.05) is 6.92 Å². The number of carbonyl (C=O) groups is 1. The van der Waals surface area contributed by atoms with Crippen LogP contribution in [0, 0.1) is 0 Å². The monoisotopic (exact) mass is 235 g/mol. The fourth-order valence-electron chi connectivity index (χ4n) is 1.38. The lowest BCUT2D eigenvalue weighted by Gasteiger charge is -2.03. The van der Waals surface area contributed by atoms with Gasteiger partial charge in [0.2, 0.25) is 0 Å². The van der Waals surface area contributed by atoms with Crippen LogP contribution in [0.5, 0.6) is 0 Å². The zero-order chi connectivity index (χ0) is 12.1. The maximum Gasteiger partial charge on any atom is 0.355 e. The van der Waals surface area contributed by atoms with Crippen LogP contribution < -0.4 is 0 Å². The molecule has 7 heteroatoms. The lowest BCUT2D eigenvalue weighted by Crippen LogP contribution is -2.11. The van der Waals surface area contributed by atoms with Crippen LogP contribution in [0.15, 0.2) is 18.3 Å². The molecule has 2 heterocycles. The number of aromatic amines is 1. The second-order valence-electron chi connectivity index (χ2n) is 3.48. The molecule has 0 amide bonds. The van der Waals surface area contributed by atoms with Gasteiger partial charge >= 0.3 is 5.97 Å². The highest BCUT2D eigenvalue weighted by atomic mass is 16.5. The van der Waals surface area contributed by atoms with Gasteiger partial charge in [0.25, 0.3) is 0 Å². The Balaban J connectivity index is 1.93. The third kappa shape index (κ3) is 2.68. The van der Waals surface area contributed by atoms with E-state index in [0.29, 0.717) is 18.1 Å². The first-order chi connectivity index (χ1) is 8.31. The summed E-state index contributed by atoms with van der Waals surface area (Å²) >= 11 is 0. The quantitative estimate of drug-likeness (QED) is 0.773. The Hall–Kier alpha value is -2.18. The molecular weight excluding hydrogens is 222 g/mol. The second-order valence-corrected chi connectivity index (χ2v) is 3.48. The Morgan fingerprint density at radius 3 is 3.18 bits per heavy atom. The Bertz CT molecular complexity index is 477. The zero-order valence-electron chi connectivity index (χ0n) is 9.46. The fraction of sp³-hybridized carbons (Fsp3) is 0.400. The molecule has 2 rings (SSSR count). The number of aryl methyl sites for hydroxylation is 1. The van der Waals surface area contributed by atoms with Gasteiger partial charge in [-0.2, -0.15) is 0 Å². The van der Waals surface area contributed by atoms with Crippen LogP contribution >= 0.6 is 0 Å². The molecule has 0 bridgehead atoms. The van der Waals surface area contributed by atoms with Crippen molar-refractivity contribution >= 4 is 5.97 Å². The molecule has 2 aromatic rings. The number of tetrazole rings is 1. The Labute approximate surface area is 97.8 Å². The second kappa shape index (κ2) is 5.24. The number of H-pyrrole nitrogens is 1. The highest BCUT2D eigenvalue weighted by molar-refractivity contribution is 5.87. The first-order valence-electron chi connectivity index (χ1n) is 5.37. The topological polar surface area (TPSA) is 85.7 Å². The number of hydrogen-bond donors (Lipinski definition) is 1. The maximum absolute atomic E-state index is 11.5. The molecule has 7 nitrogen and oxygen atoms in total. The minimum absolute atomic E-state index is 0.0743. The number of esters is 1. The smallest absolute Gasteiger partial charge is 0.355 e. The van der Waals surface area contributed by atoms with Gasteiger partial charge in [0.05, 0.1) is 0 Å². The average molecular weight is 235 g/mol. The molecule has 0 unspecified atom stereocenters. The van der Waals surface area contributed by atoms with Gasteiger partial charge in [-0.25, -0.2) is 9.48 Å². The van der Waals surface area contributed by atoms with Crippen molar-refractivity contribution < 1.29 is 9.53 Å². The Morgan fingerprint density at radius 2 is 2.47 bits per heavy atom. The first kappa shape index (κ1) is 11.3. The molecule has 2 aromatic heterocycles. The molecule has 0 saturated heterocycles. The molecule has 0 aliphatic rings. The van der Waals surface area contributed by atoms with Gasteiger partial charge in [0.1, 0.15) is 5.69 Å². The van der Waals surface area contributed by atoms with E-state index in [-0.39, 0.29) is 6.61 Å². The van der Waals surface area contributed by atoms with E-state index in [0.717, 1.165) is 6.42 Å². The van der Waals surface area contributed by atoms with Crippen molar-refractivity contribution in [3.8, 4) is 0 Å². The third-order valence-electron chi connectivity index (χ3n) is 2.19. The number of rotatable bonds is 5. The van der Waals surface area contributed by atoms with Gasteiger partial charge in [-0.3, -0.25) is 0 Å². The molecule has 0 atom stereocenters. The van der Waals surface area contributed by atoms with Crippen LogP contribution in [0.2, 0.25) is 0 Å². The van der Waals surface area contributed by atoms with Crippen molar-refractivity contribution in [1.29, 1.82) is 0 Å². The van der Waals surface area contributed by atoms with Crippen LogP contribution in [0.1, 0.15) is 29.7 Å². The van der Waals surface area contributed by atoms with E-state index in [4.69, 9.17) is 4.74 Å². The highest BCUT2D eigenvalue weighted by Crippen LogP contribution is 2.02. The Morgan fingerprint density at radius 1 is 1.59 bits per heavy atom. The maximum atomic E-state index is 11.5. The molecule has 0 aromatic carbocycles. The third-order valence-corrected chi connectivity index (χ3v) is 2.19. The summed E-state index contributed by atoms with van der Waals surface area (Å²) in [6.45, 7) is 2.81. The first-order valence-corrected chi connectivity index (χ1v) is 5.37. The summed E-state index contributed by atoms with van der Waals surface area (Å²) in [6, 6.07) is 3.38. The summed E-state index contributed by atoms with van der Waals surface area (Å²) in [5.41, 5.74) is 0.416. The summed E-state index contributed by atoms with van der Waals surface area (Å²) in [5, 5.41) is 11.2. The molecule has 0 fully saturated rings. The summed E-state index contributed by atoms with van der Waals surface area (Å²) in [6.07, 6.45) is 2.58. The molecular formula is C10H13N5O2. The van der Waals surface area contributed by atoms with Gasteiger partial charge in [-0.05, 0) is 29.0 Å². The number of nitrogens with zero attached hydrogens (tertiary/aromatic N) is 4. The van der Waals surface area contributed by atoms with Crippen molar-refractivity contribution in [2.24, 2.45) is 0 Å². The number of aromatic nitrogens is 5. The van der Waals surface area contributed by atoms with Gasteiger partial charge in [-0.15, -0.1) is 5.10 Å². The van der Waals surface area contributed by atoms with Gasteiger partial charge in [-0.1, -0.05) is 6.92 Å². The minimum Gasteiger partial charge on any atom is -0.453 e. The van der Waals surface area contributed by atoms with Crippen LogP contribution in [-0.2, 0) is 17.9 Å². The van der Waals surface area contributed by atoms with Gasteiger partial charge in [0.15, 0.2) is 12.4 Å². The molecule has 0 saturated carbocycles. The van der Waals surface area contributed by atoms with E-state index in [1.54, 1.807) is 23.0 Å². The average Bonchev–Trinajstić information content (AvgIpc) is 2.97. The molecule has 17 heavy (non-hydrogen) atoms. The van der Waals surface area contributed by atoms with Crippen LogP contribution in [0.3, 0.4) is 0 Å². The summed E-state index contributed by atoms with van der Waals surface area (Å²) in [4.78, 5) is 14.3. The number of nitrogens with one attached hydrogen (secondary N) is 1.